The van der Waals surface area contributed by atoms with Gasteiger partial charge < -0.3 is 0 Å². The highest BCUT2D eigenvalue weighted by atomic mass is 32.1. The van der Waals surface area contributed by atoms with E-state index >= 15 is 0 Å². The Hall–Kier alpha value is -3.05. The van der Waals surface area contributed by atoms with Crippen LogP contribution in [0.25, 0.3) is 10.2 Å². The van der Waals surface area contributed by atoms with E-state index < -0.39 is 0 Å². The number of nitrogens with zero attached hydrogens (tertiary/aromatic N) is 3. The van der Waals surface area contributed by atoms with Crippen LogP contribution in [0.1, 0.15) is 53.5 Å². The number of carbonyl (C=O) groups excluding carboxylic acids is 1. The molecular formula is C26H27N3OS. The summed E-state index contributed by atoms with van der Waals surface area (Å²) < 4.78 is 1.12. The number of hydrogen-bond acceptors (Lipinski definition) is 4. The van der Waals surface area contributed by atoms with E-state index in [4.69, 9.17) is 4.98 Å². The molecule has 0 aliphatic carbocycles. The average molecular weight is 430 g/mol. The topological polar surface area (TPSA) is 46.1 Å². The molecule has 0 radical (unpaired) electrons. The van der Waals surface area contributed by atoms with E-state index in [0.717, 1.165) is 21.5 Å². The number of rotatable bonds is 4. The van der Waals surface area contributed by atoms with Crippen molar-refractivity contribution in [1.29, 1.82) is 0 Å². The molecule has 0 unspecified atom stereocenters. The number of fused-ring (bicyclic) bond motifs is 1. The first-order valence-electron chi connectivity index (χ1n) is 10.4. The molecule has 0 saturated carbocycles. The van der Waals surface area contributed by atoms with Crippen molar-refractivity contribution in [2.75, 3.05) is 4.90 Å². The third kappa shape index (κ3) is 4.37. The van der Waals surface area contributed by atoms with E-state index in [1.54, 1.807) is 22.4 Å². The maximum atomic E-state index is 13.6. The standard InChI is InChI=1S/C26H27N3OS/c1-17-9-10-18(2)23-22(17)28-25(31-23)29(16-21-8-6-7-15-27-21)24(30)19-11-13-20(14-12-19)26(3,4)5/h6-15H,16H2,1-5H3. The number of anilines is 1. The Morgan fingerprint density at radius 2 is 1.68 bits per heavy atom. The highest BCUT2D eigenvalue weighted by molar-refractivity contribution is 7.22. The number of pyridine rings is 1. The lowest BCUT2D eigenvalue weighted by Gasteiger charge is -2.22. The van der Waals surface area contributed by atoms with Crippen molar-refractivity contribution in [2.45, 2.75) is 46.6 Å². The van der Waals surface area contributed by atoms with Crippen LogP contribution in [0.4, 0.5) is 5.13 Å². The number of amides is 1. The van der Waals surface area contributed by atoms with Gasteiger partial charge in [0.2, 0.25) is 0 Å². The van der Waals surface area contributed by atoms with Gasteiger partial charge in [0.05, 0.1) is 22.5 Å². The number of benzene rings is 2. The van der Waals surface area contributed by atoms with Crippen LogP contribution in [0.3, 0.4) is 0 Å². The smallest absolute Gasteiger partial charge is 0.260 e. The summed E-state index contributed by atoms with van der Waals surface area (Å²) in [6, 6.07) is 17.9. The van der Waals surface area contributed by atoms with Crippen molar-refractivity contribution in [3.8, 4) is 0 Å². The third-order valence-electron chi connectivity index (χ3n) is 5.45. The molecule has 2 aromatic heterocycles. The van der Waals surface area contributed by atoms with Crippen LogP contribution in [0.2, 0.25) is 0 Å². The lowest BCUT2D eigenvalue weighted by atomic mass is 9.86. The highest BCUT2D eigenvalue weighted by Gasteiger charge is 2.24. The van der Waals surface area contributed by atoms with Crippen LogP contribution >= 0.6 is 11.3 Å². The summed E-state index contributed by atoms with van der Waals surface area (Å²) in [4.78, 5) is 24.7. The summed E-state index contributed by atoms with van der Waals surface area (Å²) in [5.41, 5.74) is 5.96. The van der Waals surface area contributed by atoms with Gasteiger partial charge in [-0.3, -0.25) is 14.7 Å². The first kappa shape index (κ1) is 21.2. The molecule has 0 bridgehead atoms. The van der Waals surface area contributed by atoms with Crippen molar-refractivity contribution in [1.82, 2.24) is 9.97 Å². The van der Waals surface area contributed by atoms with E-state index in [9.17, 15) is 4.79 Å². The van der Waals surface area contributed by atoms with Crippen LogP contribution in [0.5, 0.6) is 0 Å². The minimum Gasteiger partial charge on any atom is -0.278 e. The lowest BCUT2D eigenvalue weighted by molar-refractivity contribution is 0.0984. The molecular weight excluding hydrogens is 402 g/mol. The number of hydrogen-bond donors (Lipinski definition) is 0. The molecule has 5 heteroatoms. The van der Waals surface area contributed by atoms with Crippen LogP contribution in [-0.4, -0.2) is 15.9 Å². The molecule has 0 N–H and O–H groups in total. The summed E-state index contributed by atoms with van der Waals surface area (Å²) in [7, 11) is 0. The molecule has 0 aliphatic heterocycles. The van der Waals surface area contributed by atoms with Crippen LogP contribution in [0.15, 0.2) is 60.8 Å². The van der Waals surface area contributed by atoms with Gasteiger partial charge in [-0.25, -0.2) is 4.98 Å². The van der Waals surface area contributed by atoms with Crippen LogP contribution in [0, 0.1) is 13.8 Å². The monoisotopic (exact) mass is 429 g/mol. The molecule has 4 aromatic rings. The van der Waals surface area contributed by atoms with E-state index in [2.05, 4.69) is 51.7 Å². The second-order valence-electron chi connectivity index (χ2n) is 8.91. The second-order valence-corrected chi connectivity index (χ2v) is 9.89. The van der Waals surface area contributed by atoms with Crippen LogP contribution < -0.4 is 4.90 Å². The Labute approximate surface area is 187 Å². The van der Waals surface area contributed by atoms with E-state index in [-0.39, 0.29) is 11.3 Å². The lowest BCUT2D eigenvalue weighted by Crippen LogP contribution is -2.30. The zero-order chi connectivity index (χ0) is 22.2. The molecule has 4 nitrogen and oxygen atoms in total. The van der Waals surface area contributed by atoms with Crippen molar-refractivity contribution in [2.24, 2.45) is 0 Å². The maximum absolute atomic E-state index is 13.6. The molecule has 0 spiro atoms. The summed E-state index contributed by atoms with van der Waals surface area (Å²) in [5.74, 6) is -0.0690. The van der Waals surface area contributed by atoms with Crippen molar-refractivity contribution in [3.05, 3.63) is 88.7 Å². The fourth-order valence-electron chi connectivity index (χ4n) is 3.51. The Balaban J connectivity index is 1.77. The van der Waals surface area contributed by atoms with Gasteiger partial charge >= 0.3 is 0 Å². The molecule has 0 fully saturated rings. The van der Waals surface area contributed by atoms with Crippen molar-refractivity contribution < 1.29 is 4.79 Å². The fourth-order valence-corrected chi connectivity index (χ4v) is 4.62. The van der Waals surface area contributed by atoms with Gasteiger partial charge in [0.1, 0.15) is 0 Å². The molecule has 158 valence electrons. The summed E-state index contributed by atoms with van der Waals surface area (Å²) in [6.45, 7) is 11.0. The minimum absolute atomic E-state index is 0.0390. The van der Waals surface area contributed by atoms with Gasteiger partial charge in [-0.05, 0) is 60.2 Å². The van der Waals surface area contributed by atoms with Crippen molar-refractivity contribution in [3.63, 3.8) is 0 Å². The number of aryl methyl sites for hydroxylation is 2. The van der Waals surface area contributed by atoms with Gasteiger partial charge in [-0.2, -0.15) is 0 Å². The largest absolute Gasteiger partial charge is 0.278 e. The normalized spacial score (nSPS) is 11.6. The number of thiazole rings is 1. The number of carbonyl (C=O) groups is 1. The Bertz CT molecular complexity index is 1180. The Morgan fingerprint density at radius 1 is 0.968 bits per heavy atom. The minimum atomic E-state index is -0.0690. The maximum Gasteiger partial charge on any atom is 0.260 e. The zero-order valence-electron chi connectivity index (χ0n) is 18.6. The van der Waals surface area contributed by atoms with Gasteiger partial charge in [-0.15, -0.1) is 0 Å². The van der Waals surface area contributed by atoms with Gasteiger partial charge in [0.25, 0.3) is 5.91 Å². The first-order valence-corrected chi connectivity index (χ1v) is 11.2. The second kappa shape index (κ2) is 8.23. The molecule has 1 amide bonds. The Kier molecular flexibility index (Phi) is 5.63. The third-order valence-corrected chi connectivity index (χ3v) is 6.66. The molecule has 2 heterocycles. The van der Waals surface area contributed by atoms with Gasteiger partial charge in [-0.1, -0.05) is 62.4 Å². The fraction of sp³-hybridized carbons (Fsp3) is 0.269. The zero-order valence-corrected chi connectivity index (χ0v) is 19.5. The molecule has 31 heavy (non-hydrogen) atoms. The SMILES string of the molecule is Cc1ccc(C)c2sc(N(Cc3ccccn3)C(=O)c3ccc(C(C)(C)C)cc3)nc12. The Morgan fingerprint density at radius 3 is 2.29 bits per heavy atom. The summed E-state index contributed by atoms with van der Waals surface area (Å²) in [6.07, 6.45) is 1.75. The summed E-state index contributed by atoms with van der Waals surface area (Å²) >= 11 is 1.56. The predicted octanol–water partition coefficient (Wildman–Crippen LogP) is 6.45. The average Bonchev–Trinajstić information content (AvgIpc) is 3.21. The molecule has 0 atom stereocenters. The van der Waals surface area contributed by atoms with E-state index in [1.807, 2.05) is 42.5 Å². The van der Waals surface area contributed by atoms with E-state index in [0.29, 0.717) is 17.2 Å². The quantitative estimate of drug-likeness (QED) is 0.374. The summed E-state index contributed by atoms with van der Waals surface area (Å²) in [5, 5.41) is 0.697. The first-order chi connectivity index (χ1) is 14.7. The van der Waals surface area contributed by atoms with Crippen LogP contribution in [-0.2, 0) is 12.0 Å². The predicted molar refractivity (Wildman–Crippen MR) is 129 cm³/mol. The van der Waals surface area contributed by atoms with Gasteiger partial charge in [0, 0.05) is 11.8 Å². The molecule has 2 aromatic carbocycles. The highest BCUT2D eigenvalue weighted by Crippen LogP contribution is 2.34. The van der Waals surface area contributed by atoms with E-state index in [1.165, 1.54) is 11.1 Å². The number of aromatic nitrogens is 2. The molecule has 0 saturated heterocycles. The molecule has 0 aliphatic rings. The van der Waals surface area contributed by atoms with Crippen molar-refractivity contribution >= 4 is 32.6 Å². The van der Waals surface area contributed by atoms with Gasteiger partial charge in [0.15, 0.2) is 5.13 Å². The molecule has 4 rings (SSSR count).